The second-order valence-electron chi connectivity index (χ2n) is 4.51. The van der Waals surface area contributed by atoms with Crippen molar-refractivity contribution in [1.29, 1.82) is 0 Å². The summed E-state index contributed by atoms with van der Waals surface area (Å²) in [6, 6.07) is 8.62. The van der Waals surface area contributed by atoms with Gasteiger partial charge in [0.2, 0.25) is 0 Å². The van der Waals surface area contributed by atoms with Gasteiger partial charge in [-0.15, -0.1) is 0 Å². The molecule has 2 aromatic carbocycles. The van der Waals surface area contributed by atoms with Crippen LogP contribution in [0.1, 0.15) is 16.7 Å². The van der Waals surface area contributed by atoms with Crippen molar-refractivity contribution in [2.24, 2.45) is 5.73 Å². The van der Waals surface area contributed by atoms with Gasteiger partial charge in [0, 0.05) is 0 Å². The van der Waals surface area contributed by atoms with E-state index in [1.165, 1.54) is 30.3 Å². The zero-order valence-corrected chi connectivity index (χ0v) is 11.6. The van der Waals surface area contributed by atoms with Crippen LogP contribution in [0.5, 0.6) is 5.75 Å². The summed E-state index contributed by atoms with van der Waals surface area (Å²) in [5.41, 5.74) is 7.42. The Kier molecular flexibility index (Phi) is 4.91. The van der Waals surface area contributed by atoms with Crippen LogP contribution in [0, 0.1) is 30.4 Å². The largest absolute Gasteiger partial charge is 0.488 e. The van der Waals surface area contributed by atoms with Gasteiger partial charge < -0.3 is 10.5 Å². The molecule has 0 spiro atoms. The molecule has 0 atom stereocenters. The second kappa shape index (κ2) is 6.87. The highest BCUT2D eigenvalue weighted by atomic mass is 19.1. The van der Waals surface area contributed by atoms with Crippen LogP contribution in [0.2, 0.25) is 0 Å². The van der Waals surface area contributed by atoms with E-state index in [-0.39, 0.29) is 24.8 Å². The third kappa shape index (κ3) is 4.04. The van der Waals surface area contributed by atoms with Gasteiger partial charge in [0.1, 0.15) is 24.0 Å². The number of aryl methyl sites for hydroxylation is 1. The van der Waals surface area contributed by atoms with Crippen molar-refractivity contribution in [3.8, 4) is 17.6 Å². The predicted octanol–water partition coefficient (Wildman–Crippen LogP) is 3.16. The lowest BCUT2D eigenvalue weighted by Gasteiger charge is -2.10. The van der Waals surface area contributed by atoms with Crippen LogP contribution in [0.3, 0.4) is 0 Å². The third-order valence-electron chi connectivity index (χ3n) is 2.95. The standard InChI is InChI=1S/C17H15F2NO/c1-12-9-15(18)5-4-14(12)11-21-17-7-6-16(19)10-13(17)3-2-8-20/h4-7,9-10H,8,11,20H2,1H3. The lowest BCUT2D eigenvalue weighted by Crippen LogP contribution is -2.00. The molecule has 0 saturated carbocycles. The quantitative estimate of drug-likeness (QED) is 0.880. The Balaban J connectivity index is 2.19. The van der Waals surface area contributed by atoms with E-state index >= 15 is 0 Å². The van der Waals surface area contributed by atoms with Gasteiger partial charge in [0.25, 0.3) is 0 Å². The normalized spacial score (nSPS) is 9.90. The molecule has 0 fully saturated rings. The Morgan fingerprint density at radius 2 is 1.81 bits per heavy atom. The average molecular weight is 287 g/mol. The number of ether oxygens (including phenoxy) is 1. The van der Waals surface area contributed by atoms with Crippen LogP contribution < -0.4 is 10.5 Å². The fourth-order valence-corrected chi connectivity index (χ4v) is 1.85. The van der Waals surface area contributed by atoms with Crippen molar-refractivity contribution in [1.82, 2.24) is 0 Å². The van der Waals surface area contributed by atoms with Crippen molar-refractivity contribution in [2.75, 3.05) is 6.54 Å². The monoisotopic (exact) mass is 287 g/mol. The van der Waals surface area contributed by atoms with Crippen LogP contribution in [-0.4, -0.2) is 6.54 Å². The van der Waals surface area contributed by atoms with Gasteiger partial charge in [0.15, 0.2) is 0 Å². The highest BCUT2D eigenvalue weighted by Crippen LogP contribution is 2.21. The molecule has 0 aliphatic rings. The van der Waals surface area contributed by atoms with Gasteiger partial charge in [0.05, 0.1) is 12.1 Å². The molecule has 4 heteroatoms. The molecule has 2 aromatic rings. The number of nitrogens with two attached hydrogens (primary N) is 1. The molecule has 0 saturated heterocycles. The highest BCUT2D eigenvalue weighted by molar-refractivity contribution is 5.46. The third-order valence-corrected chi connectivity index (χ3v) is 2.95. The predicted molar refractivity (Wildman–Crippen MR) is 77.8 cm³/mol. The SMILES string of the molecule is Cc1cc(F)ccc1COc1ccc(F)cc1C#CCN. The molecule has 0 bridgehead atoms. The van der Waals surface area contributed by atoms with Crippen LogP contribution in [0.25, 0.3) is 0 Å². The molecule has 0 aliphatic heterocycles. The summed E-state index contributed by atoms with van der Waals surface area (Å²) in [6.07, 6.45) is 0. The van der Waals surface area contributed by atoms with Crippen molar-refractivity contribution in [2.45, 2.75) is 13.5 Å². The molecular weight excluding hydrogens is 272 g/mol. The average Bonchev–Trinajstić information content (AvgIpc) is 2.45. The van der Waals surface area contributed by atoms with Crippen LogP contribution in [0.15, 0.2) is 36.4 Å². The van der Waals surface area contributed by atoms with Gasteiger partial charge in [-0.2, -0.15) is 0 Å². The smallest absolute Gasteiger partial charge is 0.135 e. The van der Waals surface area contributed by atoms with Crippen LogP contribution >= 0.6 is 0 Å². The molecule has 2 N–H and O–H groups in total. The van der Waals surface area contributed by atoms with Crippen molar-refractivity contribution in [3.63, 3.8) is 0 Å². The minimum atomic E-state index is -0.387. The Hall–Kier alpha value is -2.38. The topological polar surface area (TPSA) is 35.2 Å². The first-order valence-corrected chi connectivity index (χ1v) is 6.46. The van der Waals surface area contributed by atoms with E-state index < -0.39 is 0 Å². The maximum absolute atomic E-state index is 13.2. The number of hydrogen-bond donors (Lipinski definition) is 1. The molecule has 0 aliphatic carbocycles. The zero-order chi connectivity index (χ0) is 15.2. The fourth-order valence-electron chi connectivity index (χ4n) is 1.85. The van der Waals surface area contributed by atoms with Gasteiger partial charge in [-0.3, -0.25) is 0 Å². The van der Waals surface area contributed by atoms with E-state index in [2.05, 4.69) is 11.8 Å². The minimum absolute atomic E-state index is 0.188. The molecule has 21 heavy (non-hydrogen) atoms. The van der Waals surface area contributed by atoms with Crippen LogP contribution in [-0.2, 0) is 6.61 Å². The summed E-state index contributed by atoms with van der Waals surface area (Å²) in [5, 5.41) is 0. The number of rotatable bonds is 3. The van der Waals surface area contributed by atoms with Crippen LogP contribution in [0.4, 0.5) is 8.78 Å². The molecule has 0 radical (unpaired) electrons. The van der Waals surface area contributed by atoms with E-state index in [1.54, 1.807) is 6.07 Å². The lowest BCUT2D eigenvalue weighted by molar-refractivity contribution is 0.304. The first-order chi connectivity index (χ1) is 10.1. The number of hydrogen-bond acceptors (Lipinski definition) is 2. The Bertz CT molecular complexity index is 702. The molecule has 0 amide bonds. The first kappa shape index (κ1) is 15.0. The molecule has 2 nitrogen and oxygen atoms in total. The van der Waals surface area contributed by atoms with Gasteiger partial charge >= 0.3 is 0 Å². The maximum atomic E-state index is 13.2. The molecule has 0 aromatic heterocycles. The second-order valence-corrected chi connectivity index (χ2v) is 4.51. The lowest BCUT2D eigenvalue weighted by atomic mass is 10.1. The van der Waals surface area contributed by atoms with E-state index in [4.69, 9.17) is 10.5 Å². The zero-order valence-electron chi connectivity index (χ0n) is 11.6. The highest BCUT2D eigenvalue weighted by Gasteiger charge is 2.06. The number of halogens is 2. The molecular formula is C17H15F2NO. The first-order valence-electron chi connectivity index (χ1n) is 6.46. The summed E-state index contributed by atoms with van der Waals surface area (Å²) in [6.45, 7) is 2.25. The summed E-state index contributed by atoms with van der Waals surface area (Å²) in [4.78, 5) is 0. The Morgan fingerprint density at radius 1 is 1.10 bits per heavy atom. The summed E-state index contributed by atoms with van der Waals surface area (Å²) < 4.78 is 32.0. The van der Waals surface area contributed by atoms with Gasteiger partial charge in [-0.25, -0.2) is 8.78 Å². The van der Waals surface area contributed by atoms with Gasteiger partial charge in [-0.1, -0.05) is 17.9 Å². The molecule has 0 heterocycles. The maximum Gasteiger partial charge on any atom is 0.135 e. The van der Waals surface area contributed by atoms with Crippen molar-refractivity contribution >= 4 is 0 Å². The minimum Gasteiger partial charge on any atom is -0.488 e. The van der Waals surface area contributed by atoms with Crippen molar-refractivity contribution in [3.05, 3.63) is 64.7 Å². The Labute approximate surface area is 122 Å². The summed E-state index contributed by atoms with van der Waals surface area (Å²) >= 11 is 0. The fraction of sp³-hybridized carbons (Fsp3) is 0.176. The molecule has 0 unspecified atom stereocenters. The number of benzene rings is 2. The van der Waals surface area contributed by atoms with E-state index in [0.29, 0.717) is 11.3 Å². The molecule has 108 valence electrons. The molecule has 2 rings (SSSR count). The van der Waals surface area contributed by atoms with Gasteiger partial charge in [-0.05, 0) is 48.4 Å². The Morgan fingerprint density at radius 3 is 2.52 bits per heavy atom. The van der Waals surface area contributed by atoms with E-state index in [1.807, 2.05) is 6.92 Å². The van der Waals surface area contributed by atoms with E-state index in [0.717, 1.165) is 11.1 Å². The summed E-state index contributed by atoms with van der Waals surface area (Å²) in [7, 11) is 0. The van der Waals surface area contributed by atoms with Crippen molar-refractivity contribution < 1.29 is 13.5 Å². The van der Waals surface area contributed by atoms with E-state index in [9.17, 15) is 8.78 Å². The summed E-state index contributed by atoms with van der Waals surface area (Å²) in [5.74, 6) is 5.25.